The molecule has 0 fully saturated rings. The van der Waals surface area contributed by atoms with Crippen molar-refractivity contribution in [2.24, 2.45) is 0 Å². The Bertz CT molecular complexity index is 985. The van der Waals surface area contributed by atoms with Crippen molar-refractivity contribution < 1.29 is 0 Å². The Morgan fingerprint density at radius 2 is 1.30 bits per heavy atom. The van der Waals surface area contributed by atoms with Crippen LogP contribution in [0.1, 0.15) is 0 Å². The third-order valence-electron chi connectivity index (χ3n) is 3.49. The lowest BCUT2D eigenvalue weighted by Gasteiger charge is -2.06. The molecule has 4 rings (SSSR count). The second-order valence-electron chi connectivity index (χ2n) is 4.60. The molecule has 1 heterocycles. The zero-order chi connectivity index (χ0) is 13.9. The number of halogens is 3. The Labute approximate surface area is 145 Å². The molecule has 0 aliphatic heterocycles. The average Bonchev–Trinajstić information content (AvgIpc) is 2.86. The maximum atomic E-state index is 3.81. The molecule has 98 valence electrons. The van der Waals surface area contributed by atoms with E-state index in [0.717, 1.165) is 4.47 Å². The van der Waals surface area contributed by atoms with Crippen molar-refractivity contribution in [3.63, 3.8) is 0 Å². The lowest BCUT2D eigenvalue weighted by molar-refractivity contribution is 1.76. The van der Waals surface area contributed by atoms with Gasteiger partial charge < -0.3 is 0 Å². The summed E-state index contributed by atoms with van der Waals surface area (Å²) in [6.45, 7) is 0. The molecule has 0 saturated heterocycles. The van der Waals surface area contributed by atoms with Gasteiger partial charge in [-0.3, -0.25) is 0 Å². The van der Waals surface area contributed by atoms with E-state index in [9.17, 15) is 0 Å². The second-order valence-corrected chi connectivity index (χ2v) is 8.06. The lowest BCUT2D eigenvalue weighted by Crippen LogP contribution is -1.79. The molecule has 0 aliphatic carbocycles. The maximum absolute atomic E-state index is 3.81. The molecule has 0 radical (unpaired) electrons. The zero-order valence-electron chi connectivity index (χ0n) is 10.1. The van der Waals surface area contributed by atoms with Gasteiger partial charge in [-0.2, -0.15) is 0 Å². The zero-order valence-corrected chi connectivity index (χ0v) is 15.7. The molecule has 1 aromatic heterocycles. The molecular weight excluding hydrogens is 464 g/mol. The van der Waals surface area contributed by atoms with E-state index in [1.165, 1.54) is 39.9 Å². The van der Waals surface area contributed by atoms with Gasteiger partial charge in [0.05, 0.1) is 4.70 Å². The summed E-state index contributed by atoms with van der Waals surface area (Å²) in [4.78, 5) is 0. The molecular formula is C16H7Br3S. The minimum atomic E-state index is 1.15. The van der Waals surface area contributed by atoms with Crippen LogP contribution in [0.3, 0.4) is 0 Å². The number of hydrogen-bond donors (Lipinski definition) is 0. The molecule has 0 bridgehead atoms. The highest BCUT2D eigenvalue weighted by Crippen LogP contribution is 2.48. The van der Waals surface area contributed by atoms with Crippen molar-refractivity contribution in [3.8, 4) is 0 Å². The Kier molecular flexibility index (Phi) is 3.18. The summed E-state index contributed by atoms with van der Waals surface area (Å²) < 4.78 is 6.09. The third-order valence-corrected chi connectivity index (χ3v) is 7.58. The number of hydrogen-bond acceptors (Lipinski definition) is 1. The van der Waals surface area contributed by atoms with Crippen LogP contribution in [0, 0.1) is 0 Å². The summed E-state index contributed by atoms with van der Waals surface area (Å²) in [6.07, 6.45) is 0. The minimum Gasteiger partial charge on any atom is -0.133 e. The molecule has 3 aromatic carbocycles. The van der Waals surface area contributed by atoms with Crippen molar-refractivity contribution >= 4 is 90.1 Å². The van der Waals surface area contributed by atoms with Gasteiger partial charge in [0.25, 0.3) is 0 Å². The summed E-state index contributed by atoms with van der Waals surface area (Å²) in [5.41, 5.74) is 0. The van der Waals surface area contributed by atoms with Gasteiger partial charge in [0.15, 0.2) is 0 Å². The van der Waals surface area contributed by atoms with Crippen LogP contribution < -0.4 is 0 Å². The predicted octanol–water partition coefficient (Wildman–Crippen LogP) is 7.50. The monoisotopic (exact) mass is 468 g/mol. The van der Waals surface area contributed by atoms with Gasteiger partial charge >= 0.3 is 0 Å². The molecule has 0 N–H and O–H groups in total. The molecule has 0 saturated carbocycles. The van der Waals surface area contributed by atoms with Gasteiger partial charge in [-0.05, 0) is 64.6 Å². The van der Waals surface area contributed by atoms with Crippen molar-refractivity contribution in [3.05, 3.63) is 55.9 Å². The topological polar surface area (TPSA) is 0 Å². The summed E-state index contributed by atoms with van der Waals surface area (Å²) in [7, 11) is 0. The van der Waals surface area contributed by atoms with Crippen molar-refractivity contribution in [1.82, 2.24) is 0 Å². The van der Waals surface area contributed by atoms with Crippen LogP contribution >= 0.6 is 59.1 Å². The van der Waals surface area contributed by atoms with Crippen LogP contribution in [0.4, 0.5) is 0 Å². The standard InChI is InChI=1S/C16H7Br3S/c17-11-7-3-6-10-12-13(18)8-4-1-2-5-9(8)14(19)16(12)20-15(10)11/h1-7H. The number of benzene rings is 3. The number of thiophene rings is 1. The van der Waals surface area contributed by atoms with E-state index < -0.39 is 0 Å². The molecule has 20 heavy (non-hydrogen) atoms. The van der Waals surface area contributed by atoms with E-state index in [-0.39, 0.29) is 0 Å². The molecule has 0 spiro atoms. The smallest absolute Gasteiger partial charge is 0.0515 e. The summed E-state index contributed by atoms with van der Waals surface area (Å²) >= 11 is 13.1. The SMILES string of the molecule is Brc1cccc2c1sc1c(Br)c3ccccc3c(Br)c12. The Morgan fingerprint density at radius 3 is 2.05 bits per heavy atom. The molecule has 0 aliphatic rings. The molecule has 0 amide bonds. The molecule has 0 nitrogen and oxygen atoms in total. The van der Waals surface area contributed by atoms with E-state index in [1.807, 2.05) is 11.3 Å². The van der Waals surface area contributed by atoms with Gasteiger partial charge in [-0.25, -0.2) is 0 Å². The Morgan fingerprint density at radius 1 is 0.650 bits per heavy atom. The van der Waals surface area contributed by atoms with E-state index in [4.69, 9.17) is 0 Å². The van der Waals surface area contributed by atoms with Crippen LogP contribution in [0.2, 0.25) is 0 Å². The van der Waals surface area contributed by atoms with Crippen LogP contribution in [-0.4, -0.2) is 0 Å². The first-order valence-corrected chi connectivity index (χ1v) is 9.24. The predicted molar refractivity (Wildman–Crippen MR) is 99.9 cm³/mol. The summed E-state index contributed by atoms with van der Waals surface area (Å²) in [5.74, 6) is 0. The van der Waals surface area contributed by atoms with E-state index in [1.54, 1.807) is 0 Å². The first kappa shape index (κ1) is 13.3. The van der Waals surface area contributed by atoms with Crippen molar-refractivity contribution in [1.29, 1.82) is 0 Å². The quantitative estimate of drug-likeness (QED) is 0.249. The van der Waals surface area contributed by atoms with Crippen molar-refractivity contribution in [2.45, 2.75) is 0 Å². The van der Waals surface area contributed by atoms with Crippen LogP contribution in [0.15, 0.2) is 55.9 Å². The summed E-state index contributed by atoms with van der Waals surface area (Å²) in [5, 5.41) is 5.07. The van der Waals surface area contributed by atoms with Gasteiger partial charge in [0.1, 0.15) is 0 Å². The normalized spacial score (nSPS) is 11.8. The number of rotatable bonds is 0. The fourth-order valence-corrected chi connectivity index (χ4v) is 6.03. The molecule has 4 aromatic rings. The first-order valence-electron chi connectivity index (χ1n) is 6.05. The third kappa shape index (κ3) is 1.75. The molecule has 0 atom stereocenters. The van der Waals surface area contributed by atoms with Gasteiger partial charge in [-0.15, -0.1) is 11.3 Å². The van der Waals surface area contributed by atoms with Gasteiger partial charge in [0, 0.05) is 28.9 Å². The Hall–Kier alpha value is -0.420. The average molecular weight is 471 g/mol. The lowest BCUT2D eigenvalue weighted by atomic mass is 10.1. The van der Waals surface area contributed by atoms with Gasteiger partial charge in [0.2, 0.25) is 0 Å². The van der Waals surface area contributed by atoms with Crippen LogP contribution in [-0.2, 0) is 0 Å². The highest BCUT2D eigenvalue weighted by molar-refractivity contribution is 9.11. The molecule has 0 unspecified atom stereocenters. The minimum absolute atomic E-state index is 1.15. The van der Waals surface area contributed by atoms with E-state index in [0.29, 0.717) is 0 Å². The van der Waals surface area contributed by atoms with E-state index >= 15 is 0 Å². The van der Waals surface area contributed by atoms with Crippen LogP contribution in [0.25, 0.3) is 30.9 Å². The first-order chi connectivity index (χ1) is 9.68. The largest absolute Gasteiger partial charge is 0.133 e. The van der Waals surface area contributed by atoms with Crippen molar-refractivity contribution in [2.75, 3.05) is 0 Å². The fourth-order valence-electron chi connectivity index (χ4n) is 2.58. The highest BCUT2D eigenvalue weighted by atomic mass is 79.9. The summed E-state index contributed by atoms with van der Waals surface area (Å²) in [6, 6.07) is 14.8. The molecule has 4 heteroatoms. The highest BCUT2D eigenvalue weighted by Gasteiger charge is 2.16. The fraction of sp³-hybridized carbons (Fsp3) is 0. The number of fused-ring (bicyclic) bond motifs is 4. The maximum Gasteiger partial charge on any atom is 0.0515 e. The van der Waals surface area contributed by atoms with E-state index in [2.05, 4.69) is 90.3 Å². The van der Waals surface area contributed by atoms with Gasteiger partial charge in [-0.1, -0.05) is 36.4 Å². The second kappa shape index (κ2) is 4.80. The van der Waals surface area contributed by atoms with Crippen LogP contribution in [0.5, 0.6) is 0 Å². The Balaban J connectivity index is 2.39.